The van der Waals surface area contributed by atoms with Gasteiger partial charge in [-0.1, -0.05) is 0 Å². The van der Waals surface area contributed by atoms with Crippen molar-refractivity contribution >= 4 is 11.9 Å². The average Bonchev–Trinajstić information content (AvgIpc) is 2.48. The monoisotopic (exact) mass is 293 g/mol. The second-order valence-corrected chi connectivity index (χ2v) is 4.34. The Kier molecular flexibility index (Phi) is 5.81. The quantitative estimate of drug-likeness (QED) is 0.631. The van der Waals surface area contributed by atoms with E-state index in [-0.39, 0.29) is 24.3 Å². The van der Waals surface area contributed by atoms with E-state index in [0.717, 1.165) is 11.0 Å². The molecule has 0 aliphatic heterocycles. The van der Waals surface area contributed by atoms with Crippen LogP contribution in [0.4, 0.5) is 4.39 Å². The largest absolute Gasteiger partial charge is 0.464 e. The minimum Gasteiger partial charge on any atom is -0.464 e. The Hall–Kier alpha value is -2.46. The standard InChI is InChI=1S/C14H16FN3O3/c1-3-21-14(20)12(17)13(19)18(2)8-10-6-9(7-16)4-5-11(10)15/h4-6,12H,3,8,17H2,1-2H3. The number of benzene rings is 1. The second-order valence-electron chi connectivity index (χ2n) is 4.34. The van der Waals surface area contributed by atoms with Gasteiger partial charge in [0.1, 0.15) is 5.82 Å². The van der Waals surface area contributed by atoms with Gasteiger partial charge in [0.05, 0.1) is 18.2 Å². The smallest absolute Gasteiger partial charge is 0.332 e. The van der Waals surface area contributed by atoms with Gasteiger partial charge in [0.2, 0.25) is 0 Å². The number of nitrogens with zero attached hydrogens (tertiary/aromatic N) is 2. The number of ether oxygens (including phenoxy) is 1. The van der Waals surface area contributed by atoms with Crippen LogP contribution in [0.2, 0.25) is 0 Å². The number of hydrogen-bond acceptors (Lipinski definition) is 5. The summed E-state index contributed by atoms with van der Waals surface area (Å²) in [5.41, 5.74) is 5.93. The average molecular weight is 293 g/mol. The molecule has 0 aromatic heterocycles. The van der Waals surface area contributed by atoms with Crippen molar-refractivity contribution in [3.05, 3.63) is 35.1 Å². The summed E-state index contributed by atoms with van der Waals surface area (Å²) in [6.07, 6.45) is 0. The molecule has 21 heavy (non-hydrogen) atoms. The molecule has 1 amide bonds. The molecule has 1 rings (SSSR count). The fraction of sp³-hybridized carbons (Fsp3) is 0.357. The van der Waals surface area contributed by atoms with Gasteiger partial charge in [-0.05, 0) is 25.1 Å². The second kappa shape index (κ2) is 7.36. The maximum absolute atomic E-state index is 13.6. The highest BCUT2D eigenvalue weighted by Crippen LogP contribution is 2.12. The zero-order valence-electron chi connectivity index (χ0n) is 11.8. The van der Waals surface area contributed by atoms with Crippen molar-refractivity contribution in [2.45, 2.75) is 19.5 Å². The topological polar surface area (TPSA) is 96.4 Å². The van der Waals surface area contributed by atoms with Gasteiger partial charge in [0.15, 0.2) is 6.04 Å². The Morgan fingerprint density at radius 2 is 2.19 bits per heavy atom. The summed E-state index contributed by atoms with van der Waals surface area (Å²) in [7, 11) is 1.39. The molecule has 0 spiro atoms. The third-order valence-corrected chi connectivity index (χ3v) is 2.77. The molecule has 0 fully saturated rings. The van der Waals surface area contributed by atoms with Crippen molar-refractivity contribution in [3.63, 3.8) is 0 Å². The highest BCUT2D eigenvalue weighted by molar-refractivity contribution is 6.01. The maximum Gasteiger partial charge on any atom is 0.332 e. The zero-order valence-corrected chi connectivity index (χ0v) is 11.8. The van der Waals surface area contributed by atoms with Crippen LogP contribution in [0.25, 0.3) is 0 Å². The molecule has 0 bridgehead atoms. The van der Waals surface area contributed by atoms with Crippen LogP contribution in [0.3, 0.4) is 0 Å². The Bertz CT molecular complexity index is 583. The summed E-state index contributed by atoms with van der Waals surface area (Å²) in [6.45, 7) is 1.61. The van der Waals surface area contributed by atoms with Gasteiger partial charge in [-0.15, -0.1) is 0 Å². The molecule has 0 aliphatic rings. The number of hydrogen-bond donors (Lipinski definition) is 1. The number of likely N-dealkylation sites (N-methyl/N-ethyl adjacent to an activating group) is 1. The van der Waals surface area contributed by atoms with E-state index in [4.69, 9.17) is 11.0 Å². The van der Waals surface area contributed by atoms with E-state index in [2.05, 4.69) is 4.74 Å². The highest BCUT2D eigenvalue weighted by Gasteiger charge is 2.26. The summed E-state index contributed by atoms with van der Waals surface area (Å²) in [5, 5.41) is 8.78. The van der Waals surface area contributed by atoms with Crippen molar-refractivity contribution in [2.75, 3.05) is 13.7 Å². The highest BCUT2D eigenvalue weighted by atomic mass is 19.1. The van der Waals surface area contributed by atoms with Crippen LogP contribution in [0.1, 0.15) is 18.1 Å². The lowest BCUT2D eigenvalue weighted by atomic mass is 10.1. The SMILES string of the molecule is CCOC(=O)C(N)C(=O)N(C)Cc1cc(C#N)ccc1F. The Morgan fingerprint density at radius 1 is 1.52 bits per heavy atom. The first-order valence-corrected chi connectivity index (χ1v) is 6.26. The summed E-state index contributed by atoms with van der Waals surface area (Å²) in [4.78, 5) is 24.5. The molecule has 1 aromatic rings. The van der Waals surface area contributed by atoms with Gasteiger partial charge in [0.25, 0.3) is 5.91 Å². The molecule has 1 atom stereocenters. The van der Waals surface area contributed by atoms with Crippen LogP contribution in [0.15, 0.2) is 18.2 Å². The molecule has 2 N–H and O–H groups in total. The normalized spacial score (nSPS) is 11.4. The van der Waals surface area contributed by atoms with E-state index in [1.54, 1.807) is 6.92 Å². The Labute approximate surface area is 121 Å². The van der Waals surface area contributed by atoms with Crippen molar-refractivity contribution in [1.82, 2.24) is 4.90 Å². The lowest BCUT2D eigenvalue weighted by molar-refractivity contribution is -0.150. The fourth-order valence-electron chi connectivity index (χ4n) is 1.67. The zero-order chi connectivity index (χ0) is 16.0. The van der Waals surface area contributed by atoms with Crippen LogP contribution < -0.4 is 5.73 Å². The predicted octanol–water partition coefficient (Wildman–Crippen LogP) is 0.546. The van der Waals surface area contributed by atoms with Crippen LogP contribution in [0, 0.1) is 17.1 Å². The van der Waals surface area contributed by atoms with Gasteiger partial charge in [0, 0.05) is 19.2 Å². The minimum atomic E-state index is -1.45. The number of amides is 1. The molecule has 1 aromatic carbocycles. The number of nitriles is 1. The third-order valence-electron chi connectivity index (χ3n) is 2.77. The summed E-state index contributed by atoms with van der Waals surface area (Å²) in [6, 6.07) is 4.27. The fourth-order valence-corrected chi connectivity index (χ4v) is 1.67. The van der Waals surface area contributed by atoms with Gasteiger partial charge in [-0.2, -0.15) is 5.26 Å². The van der Waals surface area contributed by atoms with E-state index in [9.17, 15) is 14.0 Å². The molecule has 6 nitrogen and oxygen atoms in total. The van der Waals surface area contributed by atoms with Crippen LogP contribution in [-0.2, 0) is 20.9 Å². The number of carbonyl (C=O) groups excluding carboxylic acids is 2. The number of esters is 1. The molecule has 0 saturated carbocycles. The summed E-state index contributed by atoms with van der Waals surface area (Å²) >= 11 is 0. The van der Waals surface area contributed by atoms with Crippen LogP contribution in [0.5, 0.6) is 0 Å². The van der Waals surface area contributed by atoms with Gasteiger partial charge >= 0.3 is 5.97 Å². The number of halogens is 1. The van der Waals surface area contributed by atoms with E-state index in [1.165, 1.54) is 19.2 Å². The lowest BCUT2D eigenvalue weighted by Crippen LogP contribution is -2.47. The number of nitrogens with two attached hydrogens (primary N) is 1. The van der Waals surface area contributed by atoms with Gasteiger partial charge < -0.3 is 15.4 Å². The molecule has 0 aliphatic carbocycles. The molecule has 0 saturated heterocycles. The van der Waals surface area contributed by atoms with Crippen molar-refractivity contribution in [2.24, 2.45) is 5.73 Å². The molecule has 0 radical (unpaired) electrons. The van der Waals surface area contributed by atoms with Gasteiger partial charge in [-0.25, -0.2) is 9.18 Å². The van der Waals surface area contributed by atoms with Crippen LogP contribution in [-0.4, -0.2) is 36.5 Å². The van der Waals surface area contributed by atoms with Crippen molar-refractivity contribution < 1.29 is 18.7 Å². The summed E-state index contributed by atoms with van der Waals surface area (Å²) in [5.74, 6) is -2.06. The molecule has 112 valence electrons. The van der Waals surface area contributed by atoms with Crippen molar-refractivity contribution in [1.29, 1.82) is 5.26 Å². The third kappa shape index (κ3) is 4.26. The molecule has 1 unspecified atom stereocenters. The molecule has 7 heteroatoms. The molecule has 0 heterocycles. The first kappa shape index (κ1) is 16.6. The van der Waals surface area contributed by atoms with E-state index >= 15 is 0 Å². The summed E-state index contributed by atoms with van der Waals surface area (Å²) < 4.78 is 18.3. The number of carbonyl (C=O) groups is 2. The number of rotatable bonds is 5. The van der Waals surface area contributed by atoms with E-state index in [1.807, 2.05) is 6.07 Å². The molecular formula is C14H16FN3O3. The first-order chi connectivity index (χ1) is 9.90. The first-order valence-electron chi connectivity index (χ1n) is 6.26. The predicted molar refractivity (Wildman–Crippen MR) is 72.2 cm³/mol. The maximum atomic E-state index is 13.6. The molecular weight excluding hydrogens is 277 g/mol. The van der Waals surface area contributed by atoms with Crippen LogP contribution >= 0.6 is 0 Å². The Morgan fingerprint density at radius 3 is 2.76 bits per heavy atom. The van der Waals surface area contributed by atoms with E-state index < -0.39 is 23.7 Å². The minimum absolute atomic E-state index is 0.104. The van der Waals surface area contributed by atoms with Crippen molar-refractivity contribution in [3.8, 4) is 6.07 Å². The van der Waals surface area contributed by atoms with E-state index in [0.29, 0.717) is 0 Å². The lowest BCUT2D eigenvalue weighted by Gasteiger charge is -2.20. The Balaban J connectivity index is 2.81. The van der Waals surface area contributed by atoms with Gasteiger partial charge in [-0.3, -0.25) is 4.79 Å².